The number of hydrogen-bond donors (Lipinski definition) is 2. The zero-order valence-corrected chi connectivity index (χ0v) is 40.0. The van der Waals surface area contributed by atoms with Gasteiger partial charge in [-0.3, -0.25) is 9.97 Å². The zero-order valence-electron chi connectivity index (χ0n) is 40.0. The summed E-state index contributed by atoms with van der Waals surface area (Å²) in [5, 5.41) is 25.0. The minimum atomic E-state index is -0.482. The van der Waals surface area contributed by atoms with Crippen molar-refractivity contribution in [2.45, 2.75) is 219 Å². The van der Waals surface area contributed by atoms with E-state index < -0.39 is 11.6 Å². The summed E-state index contributed by atoms with van der Waals surface area (Å²) in [7, 11) is 0. The summed E-state index contributed by atoms with van der Waals surface area (Å²) in [5.41, 5.74) is 4.79. The number of fused-ring (bicyclic) bond motifs is 16. The van der Waals surface area contributed by atoms with Gasteiger partial charge < -0.3 is 29.2 Å². The molecule has 342 valence electrons. The third-order valence-corrected chi connectivity index (χ3v) is 23.9. The van der Waals surface area contributed by atoms with Gasteiger partial charge in [0.05, 0.1) is 58.4 Å². The molecule has 4 saturated heterocycles. The van der Waals surface area contributed by atoms with E-state index in [9.17, 15) is 10.2 Å². The lowest BCUT2D eigenvalue weighted by Crippen LogP contribution is -2.60. The smallest absolute Gasteiger partial charge is 0.172 e. The SMILES string of the molecule is C[C@H]1[C@H]2[C@H](C[C@@H]3[C@@H]4CC[C@H]5Cc6nc7c(nc6C[C@]5(C)[C@H]4C[C@@H](O)[C@]23C)C[C@@H]2CC[C@H]3[C@H]4C[C@@H]5O[C@@]6(CCC(C)(C)O6)[C@@H](C)[C@@H]5[C@@]4(C)[C@@H](O)C[C@@H]3[C@@]2(C)C7)O[C@@]12CCC(C)(C)O2. The molecular weight excluding hydrogens is 773 g/mol. The van der Waals surface area contributed by atoms with Crippen LogP contribution in [0.2, 0.25) is 0 Å². The Morgan fingerprint density at radius 1 is 0.500 bits per heavy atom. The van der Waals surface area contributed by atoms with E-state index in [0.29, 0.717) is 71.0 Å². The number of ether oxygens (including phenoxy) is 4. The fraction of sp³-hybridized carbons (Fsp3) is 0.926. The maximum Gasteiger partial charge on any atom is 0.172 e. The van der Waals surface area contributed by atoms with Gasteiger partial charge in [-0.05, 0) is 176 Å². The fourth-order valence-corrected chi connectivity index (χ4v) is 20.8. The molecule has 8 heteroatoms. The molecule has 4 aliphatic heterocycles. The van der Waals surface area contributed by atoms with E-state index in [4.69, 9.17) is 28.9 Å². The van der Waals surface area contributed by atoms with Crippen molar-refractivity contribution >= 4 is 0 Å². The van der Waals surface area contributed by atoms with Crippen LogP contribution < -0.4 is 0 Å². The molecule has 10 fully saturated rings. The fourth-order valence-electron chi connectivity index (χ4n) is 20.8. The number of aromatic nitrogens is 2. The molecule has 0 unspecified atom stereocenters. The summed E-state index contributed by atoms with van der Waals surface area (Å²) < 4.78 is 27.6. The first kappa shape index (κ1) is 41.1. The Kier molecular flexibility index (Phi) is 8.27. The van der Waals surface area contributed by atoms with Crippen molar-refractivity contribution in [2.75, 3.05) is 0 Å². The molecule has 2 N–H and O–H groups in total. The Balaban J connectivity index is 0.748. The van der Waals surface area contributed by atoms with Crippen molar-refractivity contribution in [3.63, 3.8) is 0 Å². The van der Waals surface area contributed by atoms with Crippen molar-refractivity contribution in [1.82, 2.24) is 9.97 Å². The largest absolute Gasteiger partial charge is 0.393 e. The van der Waals surface area contributed by atoms with Crippen LogP contribution >= 0.6 is 0 Å². The third-order valence-electron chi connectivity index (χ3n) is 23.9. The van der Waals surface area contributed by atoms with E-state index in [1.165, 1.54) is 48.5 Å². The van der Waals surface area contributed by atoms with E-state index in [1.807, 2.05) is 0 Å². The summed E-state index contributed by atoms with van der Waals surface area (Å²) in [6.07, 6.45) is 16.8. The second-order valence-corrected chi connectivity index (χ2v) is 27.1. The molecule has 1 aromatic heterocycles. The molecule has 5 heterocycles. The summed E-state index contributed by atoms with van der Waals surface area (Å²) in [4.78, 5) is 11.4. The molecule has 13 rings (SSSR count). The minimum absolute atomic E-state index is 0.123. The average Bonchev–Trinajstić information content (AvgIpc) is 3.99. The number of aliphatic hydroxyl groups excluding tert-OH is 2. The maximum absolute atomic E-state index is 12.5. The Hall–Kier alpha value is -1.16. The molecule has 0 amide bonds. The molecular formula is C54H80N2O6. The quantitative estimate of drug-likeness (QED) is 0.266. The van der Waals surface area contributed by atoms with Crippen LogP contribution in [0.3, 0.4) is 0 Å². The van der Waals surface area contributed by atoms with Crippen molar-refractivity contribution in [3.8, 4) is 0 Å². The summed E-state index contributed by atoms with van der Waals surface area (Å²) in [6, 6.07) is 0. The Morgan fingerprint density at radius 2 is 0.903 bits per heavy atom. The van der Waals surface area contributed by atoms with Gasteiger partial charge in [-0.15, -0.1) is 0 Å². The third kappa shape index (κ3) is 4.98. The van der Waals surface area contributed by atoms with Crippen molar-refractivity contribution in [1.29, 1.82) is 0 Å². The number of hydrogen-bond acceptors (Lipinski definition) is 8. The highest BCUT2D eigenvalue weighted by Crippen LogP contribution is 2.74. The van der Waals surface area contributed by atoms with Gasteiger partial charge in [-0.1, -0.05) is 41.5 Å². The predicted molar refractivity (Wildman–Crippen MR) is 235 cm³/mol. The standard InChI is InChI=1S/C54H80N2O6/c1-27-45-41(59-53(27)17-15-47(3,4)61-53)21-35-31-13-11-29-19-37-39(25-49(29,7)33(31)23-43(57)51(35,45)9)55-38-20-30-12-14-32-34(50(30,8)26-40(38)56-37)24-44(58)52(10)36(32)22-42-46(52)28(2)54(60-42)18-16-48(5,6)62-54/h27-36,41-46,57-58H,11-26H2,1-10H3/t27-,28-,29-,30-,31+,32+,33-,34-,35+,36+,41-,42-,43-,44+,45-,46-,49-,50-,51+,52+,53+,54+/m0/s1. The van der Waals surface area contributed by atoms with Gasteiger partial charge in [0.1, 0.15) is 0 Å². The lowest BCUT2D eigenvalue weighted by atomic mass is 9.43. The number of nitrogens with zero attached hydrogens (tertiary/aromatic N) is 2. The highest BCUT2D eigenvalue weighted by Gasteiger charge is 2.74. The summed E-state index contributed by atoms with van der Waals surface area (Å²) in [5.74, 6) is 4.69. The lowest BCUT2D eigenvalue weighted by molar-refractivity contribution is -0.256. The van der Waals surface area contributed by atoms with Gasteiger partial charge in [0, 0.05) is 47.3 Å². The van der Waals surface area contributed by atoms with Gasteiger partial charge in [0.15, 0.2) is 11.6 Å². The zero-order chi connectivity index (χ0) is 43.1. The lowest BCUT2D eigenvalue weighted by Gasteiger charge is -2.62. The highest BCUT2D eigenvalue weighted by atomic mass is 16.7. The first-order chi connectivity index (χ1) is 29.1. The van der Waals surface area contributed by atoms with Gasteiger partial charge in [-0.2, -0.15) is 0 Å². The summed E-state index contributed by atoms with van der Waals surface area (Å²) in [6.45, 7) is 23.7. The summed E-state index contributed by atoms with van der Waals surface area (Å²) >= 11 is 0. The van der Waals surface area contributed by atoms with Crippen molar-refractivity contribution in [3.05, 3.63) is 22.8 Å². The van der Waals surface area contributed by atoms with Crippen LogP contribution in [0.25, 0.3) is 0 Å². The Bertz CT molecular complexity index is 1930. The molecule has 0 radical (unpaired) electrons. The minimum Gasteiger partial charge on any atom is -0.393 e. The van der Waals surface area contributed by atoms with Crippen molar-refractivity contribution in [2.24, 2.45) is 92.7 Å². The second-order valence-electron chi connectivity index (χ2n) is 27.1. The van der Waals surface area contributed by atoms with E-state index in [1.54, 1.807) is 0 Å². The van der Waals surface area contributed by atoms with Crippen LogP contribution in [-0.2, 0) is 44.6 Å². The Morgan fingerprint density at radius 3 is 1.27 bits per heavy atom. The molecule has 6 saturated carbocycles. The van der Waals surface area contributed by atoms with E-state index in [2.05, 4.69) is 69.2 Å². The monoisotopic (exact) mass is 853 g/mol. The first-order valence-electron chi connectivity index (χ1n) is 26.1. The van der Waals surface area contributed by atoms with Crippen LogP contribution in [0, 0.1) is 92.7 Å². The van der Waals surface area contributed by atoms with Crippen LogP contribution in [0.15, 0.2) is 0 Å². The average molecular weight is 853 g/mol. The normalized spacial score (nSPS) is 59.3. The molecule has 8 aliphatic carbocycles. The molecule has 62 heavy (non-hydrogen) atoms. The van der Waals surface area contributed by atoms with Crippen LogP contribution in [0.5, 0.6) is 0 Å². The number of rotatable bonds is 0. The van der Waals surface area contributed by atoms with Crippen LogP contribution in [-0.4, -0.2) is 67.4 Å². The predicted octanol–water partition coefficient (Wildman–Crippen LogP) is 9.43. The van der Waals surface area contributed by atoms with Crippen LogP contribution in [0.4, 0.5) is 0 Å². The molecule has 2 spiro atoms. The number of aliphatic hydroxyl groups is 2. The van der Waals surface area contributed by atoms with Crippen molar-refractivity contribution < 1.29 is 29.2 Å². The Labute approximate surface area is 372 Å². The van der Waals surface area contributed by atoms with Gasteiger partial charge in [0.25, 0.3) is 0 Å². The first-order valence-corrected chi connectivity index (χ1v) is 26.1. The van der Waals surface area contributed by atoms with Gasteiger partial charge in [-0.25, -0.2) is 0 Å². The molecule has 8 nitrogen and oxygen atoms in total. The van der Waals surface area contributed by atoms with Crippen LogP contribution in [0.1, 0.15) is 169 Å². The highest BCUT2D eigenvalue weighted by molar-refractivity contribution is 5.32. The molecule has 0 bridgehead atoms. The molecule has 12 aliphatic rings. The topological polar surface area (TPSA) is 103 Å². The molecule has 0 aromatic carbocycles. The van der Waals surface area contributed by atoms with Gasteiger partial charge >= 0.3 is 0 Å². The van der Waals surface area contributed by atoms with E-state index in [0.717, 1.165) is 77.0 Å². The maximum atomic E-state index is 12.5. The second kappa shape index (κ2) is 12.5. The van der Waals surface area contributed by atoms with E-state index >= 15 is 0 Å². The van der Waals surface area contributed by atoms with Gasteiger partial charge in [0.2, 0.25) is 0 Å². The molecule has 1 aromatic rings. The van der Waals surface area contributed by atoms with E-state index in [-0.39, 0.29) is 57.3 Å². The molecule has 22 atom stereocenters.